The van der Waals surface area contributed by atoms with Gasteiger partial charge >= 0.3 is 0 Å². The minimum Gasteiger partial charge on any atom is -0.490 e. The average Bonchev–Trinajstić information content (AvgIpc) is 2.71. The third kappa shape index (κ3) is 3.91. The molecule has 0 atom stereocenters. The third-order valence-electron chi connectivity index (χ3n) is 3.17. The van der Waals surface area contributed by atoms with Crippen LogP contribution >= 0.6 is 24.0 Å². The van der Waals surface area contributed by atoms with Gasteiger partial charge in [-0.1, -0.05) is 6.07 Å². The molecule has 0 saturated carbocycles. The number of benzene rings is 1. The van der Waals surface area contributed by atoms with Gasteiger partial charge in [0.15, 0.2) is 17.5 Å². The van der Waals surface area contributed by atoms with Crippen molar-refractivity contribution in [1.29, 1.82) is 0 Å². The van der Waals surface area contributed by atoms with Gasteiger partial charge in [0.1, 0.15) is 0 Å². The van der Waals surface area contributed by atoms with Crippen LogP contribution in [0.3, 0.4) is 0 Å². The Morgan fingerprint density at radius 3 is 2.80 bits per heavy atom. The van der Waals surface area contributed by atoms with Crippen molar-refractivity contribution in [3.8, 4) is 11.5 Å². The summed E-state index contributed by atoms with van der Waals surface area (Å²) in [7, 11) is 0. The summed E-state index contributed by atoms with van der Waals surface area (Å²) in [4.78, 5) is 4.39. The molecule has 0 radical (unpaired) electrons. The van der Waals surface area contributed by atoms with Crippen molar-refractivity contribution in [2.24, 2.45) is 4.99 Å². The first-order valence-corrected chi connectivity index (χ1v) is 6.82. The molecule has 0 spiro atoms. The van der Waals surface area contributed by atoms with Crippen molar-refractivity contribution in [1.82, 2.24) is 10.6 Å². The Hall–Kier alpha value is -1.18. The van der Waals surface area contributed by atoms with Crippen LogP contribution in [0, 0.1) is 0 Å². The summed E-state index contributed by atoms with van der Waals surface area (Å²) in [5.74, 6) is 2.57. The number of nitrogens with zero attached hydrogens (tertiary/aromatic N) is 1. The highest BCUT2D eigenvalue weighted by Gasteiger charge is 2.11. The predicted octanol–water partition coefficient (Wildman–Crippen LogP) is 1.90. The molecule has 0 aliphatic carbocycles. The van der Waals surface area contributed by atoms with Crippen LogP contribution in [-0.2, 0) is 6.54 Å². The summed E-state index contributed by atoms with van der Waals surface area (Å²) in [5, 5.41) is 6.55. The lowest BCUT2D eigenvalue weighted by Crippen LogP contribution is -2.40. The number of hydrogen-bond donors (Lipinski definition) is 2. The van der Waals surface area contributed by atoms with E-state index in [1.807, 2.05) is 12.1 Å². The van der Waals surface area contributed by atoms with Crippen molar-refractivity contribution < 1.29 is 9.47 Å². The van der Waals surface area contributed by atoms with Gasteiger partial charge in [0.25, 0.3) is 0 Å². The molecule has 1 aromatic rings. The number of rotatable bonds is 2. The minimum atomic E-state index is 0. The molecule has 2 N–H and O–H groups in total. The SMILES string of the molecule is I.c1cc2c(cc1CNC1=NCCCN1)OCCCO2. The molecule has 3 rings (SSSR count). The maximum atomic E-state index is 5.68. The van der Waals surface area contributed by atoms with Crippen molar-refractivity contribution in [2.75, 3.05) is 26.3 Å². The fourth-order valence-electron chi connectivity index (χ4n) is 2.15. The molecule has 2 aliphatic rings. The summed E-state index contributed by atoms with van der Waals surface area (Å²) < 4.78 is 11.3. The van der Waals surface area contributed by atoms with Crippen LogP contribution in [0.4, 0.5) is 0 Å². The zero-order valence-electron chi connectivity index (χ0n) is 11.4. The van der Waals surface area contributed by atoms with E-state index in [9.17, 15) is 0 Å². The summed E-state index contributed by atoms with van der Waals surface area (Å²) in [6.07, 6.45) is 2.04. The van der Waals surface area contributed by atoms with E-state index in [0.717, 1.165) is 63.1 Å². The average molecular weight is 389 g/mol. The first-order chi connectivity index (χ1) is 9.42. The van der Waals surface area contributed by atoms with E-state index in [1.54, 1.807) is 0 Å². The molecule has 20 heavy (non-hydrogen) atoms. The Kier molecular flexibility index (Phi) is 5.75. The molecule has 0 amide bonds. The van der Waals surface area contributed by atoms with Crippen LogP contribution in [0.1, 0.15) is 18.4 Å². The molecular weight excluding hydrogens is 369 g/mol. The van der Waals surface area contributed by atoms with E-state index in [2.05, 4.69) is 21.7 Å². The van der Waals surface area contributed by atoms with Crippen molar-refractivity contribution in [2.45, 2.75) is 19.4 Å². The molecule has 0 fully saturated rings. The smallest absolute Gasteiger partial charge is 0.191 e. The highest BCUT2D eigenvalue weighted by atomic mass is 127. The second-order valence-electron chi connectivity index (χ2n) is 4.70. The molecule has 110 valence electrons. The van der Waals surface area contributed by atoms with Crippen LogP contribution in [0.5, 0.6) is 11.5 Å². The van der Waals surface area contributed by atoms with Gasteiger partial charge in [0, 0.05) is 26.1 Å². The lowest BCUT2D eigenvalue weighted by Gasteiger charge is -2.16. The molecule has 5 nitrogen and oxygen atoms in total. The quantitative estimate of drug-likeness (QED) is 0.759. The highest BCUT2D eigenvalue weighted by molar-refractivity contribution is 14.0. The standard InChI is InChI=1S/C14H19N3O2.HI/c1-5-15-14(16-6-1)17-10-11-3-4-12-13(9-11)19-8-2-7-18-12;/h3-4,9H,1-2,5-8,10H2,(H2,15,16,17);1H. The van der Waals surface area contributed by atoms with Gasteiger partial charge < -0.3 is 20.1 Å². The van der Waals surface area contributed by atoms with Gasteiger partial charge in [-0.3, -0.25) is 4.99 Å². The molecule has 0 unspecified atom stereocenters. The maximum Gasteiger partial charge on any atom is 0.191 e. The van der Waals surface area contributed by atoms with Crippen molar-refractivity contribution >= 4 is 29.9 Å². The van der Waals surface area contributed by atoms with Gasteiger partial charge in [-0.05, 0) is 24.1 Å². The molecular formula is C14H20IN3O2. The van der Waals surface area contributed by atoms with Gasteiger partial charge in [-0.15, -0.1) is 24.0 Å². The van der Waals surface area contributed by atoms with Gasteiger partial charge in [0.2, 0.25) is 0 Å². The summed E-state index contributed by atoms with van der Waals surface area (Å²) in [6, 6.07) is 6.08. The number of halogens is 1. The van der Waals surface area contributed by atoms with Crippen LogP contribution < -0.4 is 20.1 Å². The molecule has 0 bridgehead atoms. The fourth-order valence-corrected chi connectivity index (χ4v) is 2.15. The topological polar surface area (TPSA) is 54.9 Å². The van der Waals surface area contributed by atoms with Crippen molar-refractivity contribution in [3.05, 3.63) is 23.8 Å². The molecule has 1 aromatic carbocycles. The number of aliphatic imine (C=N–C) groups is 1. The summed E-state index contributed by atoms with van der Waals surface area (Å²) >= 11 is 0. The van der Waals surface area contributed by atoms with E-state index < -0.39 is 0 Å². The second kappa shape index (κ2) is 7.56. The molecule has 2 aliphatic heterocycles. The Morgan fingerprint density at radius 1 is 1.15 bits per heavy atom. The maximum absolute atomic E-state index is 5.68. The molecule has 6 heteroatoms. The van der Waals surface area contributed by atoms with Crippen LogP contribution in [0.2, 0.25) is 0 Å². The van der Waals surface area contributed by atoms with Gasteiger partial charge in [-0.25, -0.2) is 0 Å². The first kappa shape index (κ1) is 15.2. The van der Waals surface area contributed by atoms with E-state index in [-0.39, 0.29) is 24.0 Å². The predicted molar refractivity (Wildman–Crippen MR) is 89.2 cm³/mol. The molecule has 0 aromatic heterocycles. The Labute approximate surface area is 136 Å². The van der Waals surface area contributed by atoms with Crippen LogP contribution in [0.25, 0.3) is 0 Å². The lowest BCUT2D eigenvalue weighted by atomic mass is 10.2. The van der Waals surface area contributed by atoms with Crippen molar-refractivity contribution in [3.63, 3.8) is 0 Å². The zero-order chi connectivity index (χ0) is 12.9. The normalized spacial score (nSPS) is 17.1. The Morgan fingerprint density at radius 2 is 2.00 bits per heavy atom. The second-order valence-corrected chi connectivity index (χ2v) is 4.70. The minimum absolute atomic E-state index is 0. The number of fused-ring (bicyclic) bond motifs is 1. The molecule has 2 heterocycles. The van der Waals surface area contributed by atoms with E-state index in [1.165, 1.54) is 5.56 Å². The Bertz CT molecular complexity index is 479. The van der Waals surface area contributed by atoms with E-state index in [4.69, 9.17) is 9.47 Å². The fraction of sp³-hybridized carbons (Fsp3) is 0.500. The van der Waals surface area contributed by atoms with E-state index in [0.29, 0.717) is 0 Å². The number of guanidine groups is 1. The van der Waals surface area contributed by atoms with Crippen LogP contribution in [0.15, 0.2) is 23.2 Å². The highest BCUT2D eigenvalue weighted by Crippen LogP contribution is 2.30. The van der Waals surface area contributed by atoms with E-state index >= 15 is 0 Å². The monoisotopic (exact) mass is 389 g/mol. The molecule has 0 saturated heterocycles. The summed E-state index contributed by atoms with van der Waals surface area (Å²) in [6.45, 7) is 4.08. The van der Waals surface area contributed by atoms with Crippen LogP contribution in [-0.4, -0.2) is 32.3 Å². The number of ether oxygens (including phenoxy) is 2. The third-order valence-corrected chi connectivity index (χ3v) is 3.17. The summed E-state index contributed by atoms with van der Waals surface area (Å²) in [5.41, 5.74) is 1.17. The first-order valence-electron chi connectivity index (χ1n) is 6.82. The largest absolute Gasteiger partial charge is 0.490 e. The van der Waals surface area contributed by atoms with Gasteiger partial charge in [-0.2, -0.15) is 0 Å². The number of hydrogen-bond acceptors (Lipinski definition) is 5. The lowest BCUT2D eigenvalue weighted by molar-refractivity contribution is 0.297. The number of nitrogens with one attached hydrogen (secondary N) is 2. The van der Waals surface area contributed by atoms with Gasteiger partial charge in [0.05, 0.1) is 13.2 Å². The Balaban J connectivity index is 0.00000147. The zero-order valence-corrected chi connectivity index (χ0v) is 13.7.